The lowest BCUT2D eigenvalue weighted by Crippen LogP contribution is -2.44. The number of morpholine rings is 1. The zero-order chi connectivity index (χ0) is 32.7. The van der Waals surface area contributed by atoms with Crippen LogP contribution in [0.25, 0.3) is 0 Å². The molecule has 0 unspecified atom stereocenters. The van der Waals surface area contributed by atoms with Gasteiger partial charge in [0, 0.05) is 37.3 Å². The van der Waals surface area contributed by atoms with Gasteiger partial charge in [-0.3, -0.25) is 0 Å². The monoisotopic (exact) mass is 641 g/mol. The van der Waals surface area contributed by atoms with Crippen molar-refractivity contribution in [2.45, 2.75) is 39.0 Å². The maximum atomic E-state index is 13.1. The number of carboxylic acid groups (broad SMARTS) is 2. The van der Waals surface area contributed by atoms with E-state index in [2.05, 4.69) is 18.9 Å². The number of hydrogen-bond acceptors (Lipinski definition) is 15. The summed E-state index contributed by atoms with van der Waals surface area (Å²) >= 11 is 1.05. The summed E-state index contributed by atoms with van der Waals surface area (Å²) in [4.78, 5) is 49.2. The van der Waals surface area contributed by atoms with Crippen LogP contribution >= 0.6 is 11.7 Å². The van der Waals surface area contributed by atoms with Gasteiger partial charge in [-0.1, -0.05) is 6.07 Å². The number of anilines is 1. The average Bonchev–Trinajstić information content (AvgIpc) is 3.45. The van der Waals surface area contributed by atoms with Crippen molar-refractivity contribution in [1.29, 1.82) is 0 Å². The Kier molecular flexibility index (Phi) is 14.2. The summed E-state index contributed by atoms with van der Waals surface area (Å²) in [6.45, 7) is 8.58. The highest BCUT2D eigenvalue weighted by molar-refractivity contribution is 6.99. The molecule has 1 aliphatic rings. The summed E-state index contributed by atoms with van der Waals surface area (Å²) in [6, 6.07) is 4.55. The van der Waals surface area contributed by atoms with Gasteiger partial charge in [-0.05, 0) is 38.5 Å². The third-order valence-corrected chi connectivity index (χ3v) is 5.98. The minimum atomic E-state index is -1.26. The number of aromatic nitrogens is 2. The Morgan fingerprint density at radius 1 is 1.18 bits per heavy atom. The van der Waals surface area contributed by atoms with Gasteiger partial charge in [0.15, 0.2) is 0 Å². The highest BCUT2D eigenvalue weighted by Gasteiger charge is 2.25. The molecule has 0 spiro atoms. The quantitative estimate of drug-likeness (QED) is 0.116. The highest BCUT2D eigenvalue weighted by Crippen LogP contribution is 2.27. The summed E-state index contributed by atoms with van der Waals surface area (Å²) in [5.41, 5.74) is 0.305. The third kappa shape index (κ3) is 13.2. The predicted molar refractivity (Wildman–Crippen MR) is 155 cm³/mol. The number of rotatable bonds is 14. The molecule has 2 aromatic rings. The summed E-state index contributed by atoms with van der Waals surface area (Å²) < 4.78 is 31.0. The molecule has 17 nitrogen and oxygen atoms in total. The Balaban J connectivity index is 0.000000742. The lowest BCUT2D eigenvalue weighted by molar-refractivity contribution is -0.763. The van der Waals surface area contributed by atoms with Gasteiger partial charge in [-0.15, -0.1) is 14.5 Å². The van der Waals surface area contributed by atoms with Gasteiger partial charge in [0.2, 0.25) is 5.82 Å². The average molecular weight is 642 g/mol. The molecule has 1 aromatic heterocycles. The molecule has 18 heteroatoms. The van der Waals surface area contributed by atoms with Gasteiger partial charge in [0.25, 0.3) is 11.0 Å². The van der Waals surface area contributed by atoms with E-state index in [4.69, 9.17) is 29.2 Å². The second-order valence-electron chi connectivity index (χ2n) is 10.0. The second-order valence-corrected chi connectivity index (χ2v) is 10.5. The van der Waals surface area contributed by atoms with Gasteiger partial charge in [-0.2, -0.15) is 4.37 Å². The lowest BCUT2D eigenvalue weighted by Gasteiger charge is -2.27. The maximum Gasteiger partial charge on any atom is 0.342 e. The van der Waals surface area contributed by atoms with Crippen molar-refractivity contribution in [2.24, 2.45) is 0 Å². The fourth-order valence-corrected chi connectivity index (χ4v) is 3.97. The van der Waals surface area contributed by atoms with Gasteiger partial charge in [0.1, 0.15) is 30.6 Å². The number of benzene rings is 1. The Labute approximate surface area is 256 Å². The number of carbonyl (C=O) groups excluding carboxylic acids is 1. The molecule has 3 rings (SSSR count). The Hall–Kier alpha value is -4.55. The van der Waals surface area contributed by atoms with Crippen LogP contribution in [0.3, 0.4) is 0 Å². The molecule has 0 amide bonds. The van der Waals surface area contributed by atoms with Crippen molar-refractivity contribution in [1.82, 2.24) is 14.1 Å². The topological polar surface area (TPSA) is 222 Å². The van der Waals surface area contributed by atoms with Crippen LogP contribution in [0.15, 0.2) is 30.4 Å². The van der Waals surface area contributed by atoms with Gasteiger partial charge >= 0.3 is 17.9 Å². The number of aliphatic carboxylic acids is 2. The van der Waals surface area contributed by atoms with E-state index in [9.17, 15) is 24.5 Å². The summed E-state index contributed by atoms with van der Waals surface area (Å²) in [6.07, 6.45) is 0.435. The van der Waals surface area contributed by atoms with Crippen LogP contribution in [0.1, 0.15) is 36.7 Å². The zero-order valence-electron chi connectivity index (χ0n) is 24.6. The minimum Gasteiger partial charge on any atom is -0.496 e. The molecule has 1 fully saturated rings. The third-order valence-electron chi connectivity index (χ3n) is 5.48. The highest BCUT2D eigenvalue weighted by atomic mass is 32.1. The van der Waals surface area contributed by atoms with Crippen molar-refractivity contribution in [3.8, 4) is 11.6 Å². The number of nitrogens with one attached hydrogen (secondary N) is 1. The zero-order valence-corrected chi connectivity index (χ0v) is 25.4. The molecule has 1 aromatic carbocycles. The van der Waals surface area contributed by atoms with Crippen LogP contribution in [-0.2, 0) is 30.5 Å². The van der Waals surface area contributed by atoms with Crippen LogP contribution < -0.4 is 19.7 Å². The normalized spacial score (nSPS) is 13.8. The molecule has 242 valence electrons. The smallest absolute Gasteiger partial charge is 0.342 e. The Morgan fingerprint density at radius 2 is 1.84 bits per heavy atom. The van der Waals surface area contributed by atoms with Gasteiger partial charge < -0.3 is 44.2 Å². The summed E-state index contributed by atoms with van der Waals surface area (Å²) in [5.74, 6) is -1.90. The number of methoxy groups -OCH3 is 1. The molecule has 1 atom stereocenters. The SMILES string of the molecule is COc1ccc(CO[N+](=O)[O-])cc1C(=O)O[C@@H](CNC(C)(C)C)COc1nsnc1N1CCOCC1.O=C(O)/C=C\C(=O)O. The Bertz CT molecular complexity index is 1270. The number of nitrogens with zero attached hydrogens (tertiary/aromatic N) is 4. The van der Waals surface area contributed by atoms with Crippen LogP contribution in [0, 0.1) is 10.1 Å². The first kappa shape index (κ1) is 35.6. The molecule has 1 saturated heterocycles. The van der Waals surface area contributed by atoms with Gasteiger partial charge in [-0.25, -0.2) is 14.4 Å². The van der Waals surface area contributed by atoms with Crippen molar-refractivity contribution in [2.75, 3.05) is 51.5 Å². The first-order valence-corrected chi connectivity index (χ1v) is 13.8. The van der Waals surface area contributed by atoms with E-state index in [0.29, 0.717) is 62.3 Å². The standard InChI is InChI=1S/C22H31N5O8S.C4H4O4/c1-22(2,3)23-12-16(14-33-20-19(24-36-25-20)26-7-9-32-10-8-26)35-21(28)17-11-15(13-34-27(29)30)5-6-18(17)31-4;5-3(6)1-2-4(7)8/h5-6,11,16,23H,7-10,12-14H2,1-4H3;1-2H,(H,5,6)(H,7,8)/b;2-1-/t16-;/m0./s1. The van der Waals surface area contributed by atoms with Gasteiger partial charge in [0.05, 0.1) is 32.1 Å². The predicted octanol–water partition coefficient (Wildman–Crippen LogP) is 1.80. The van der Waals surface area contributed by atoms with E-state index in [-0.39, 0.29) is 30.1 Å². The maximum absolute atomic E-state index is 13.1. The van der Waals surface area contributed by atoms with E-state index in [1.807, 2.05) is 25.7 Å². The molecule has 3 N–H and O–H groups in total. The molecular weight excluding hydrogens is 606 g/mol. The number of ether oxygens (including phenoxy) is 4. The number of hydrogen-bond donors (Lipinski definition) is 3. The lowest BCUT2D eigenvalue weighted by atomic mass is 10.1. The first-order valence-electron chi connectivity index (χ1n) is 13.1. The van der Waals surface area contributed by atoms with E-state index >= 15 is 0 Å². The number of esters is 1. The number of carbonyl (C=O) groups is 3. The Morgan fingerprint density at radius 3 is 2.41 bits per heavy atom. The molecule has 0 saturated carbocycles. The van der Waals surface area contributed by atoms with Crippen LogP contribution in [0.2, 0.25) is 0 Å². The molecular formula is C26H35N5O12S. The fraction of sp³-hybridized carbons (Fsp3) is 0.500. The van der Waals surface area contributed by atoms with E-state index in [1.165, 1.54) is 19.2 Å². The van der Waals surface area contributed by atoms with E-state index in [1.54, 1.807) is 6.07 Å². The molecule has 0 bridgehead atoms. The van der Waals surface area contributed by atoms with Crippen molar-refractivity contribution in [3.05, 3.63) is 51.6 Å². The van der Waals surface area contributed by atoms with Crippen molar-refractivity contribution >= 4 is 35.5 Å². The largest absolute Gasteiger partial charge is 0.496 e. The van der Waals surface area contributed by atoms with Crippen LogP contribution in [0.4, 0.5) is 5.82 Å². The molecule has 0 radical (unpaired) electrons. The fourth-order valence-electron chi connectivity index (χ4n) is 3.45. The second kappa shape index (κ2) is 17.5. The van der Waals surface area contributed by atoms with E-state index < -0.39 is 29.1 Å². The summed E-state index contributed by atoms with van der Waals surface area (Å²) in [7, 11) is 1.42. The van der Waals surface area contributed by atoms with Crippen LogP contribution in [-0.4, -0.2) is 100 Å². The molecule has 2 heterocycles. The number of carboxylic acids is 2. The van der Waals surface area contributed by atoms with Crippen molar-refractivity contribution < 1.29 is 53.5 Å². The van der Waals surface area contributed by atoms with Crippen LogP contribution in [0.5, 0.6) is 11.6 Å². The molecule has 1 aliphatic heterocycles. The molecule has 44 heavy (non-hydrogen) atoms. The molecule has 0 aliphatic carbocycles. The summed E-state index contributed by atoms with van der Waals surface area (Å²) in [5, 5.41) is 28.6. The minimum absolute atomic E-state index is 0.0318. The first-order chi connectivity index (χ1) is 20.8. The van der Waals surface area contributed by atoms with E-state index in [0.717, 1.165) is 11.7 Å². The van der Waals surface area contributed by atoms with Crippen molar-refractivity contribution in [3.63, 3.8) is 0 Å².